The predicted octanol–water partition coefficient (Wildman–Crippen LogP) is 2.06. The molecule has 4 aromatic rings. The molecule has 1 unspecified atom stereocenters. The van der Waals surface area contributed by atoms with E-state index in [-0.39, 0.29) is 17.6 Å². The van der Waals surface area contributed by atoms with Gasteiger partial charge in [-0.2, -0.15) is 9.50 Å². The average molecular weight is 470 g/mol. The van der Waals surface area contributed by atoms with E-state index in [1.165, 1.54) is 23.8 Å². The molecule has 5 rings (SSSR count). The molecule has 34 heavy (non-hydrogen) atoms. The molecule has 0 saturated carbocycles. The summed E-state index contributed by atoms with van der Waals surface area (Å²) in [6.07, 6.45) is 1.81. The molecule has 0 radical (unpaired) electrons. The maximum atomic E-state index is 14.4. The number of nitrogens with two attached hydrogens (primary N) is 1. The van der Waals surface area contributed by atoms with Crippen LogP contribution in [0.1, 0.15) is 44.3 Å². The Morgan fingerprint density at radius 1 is 1.24 bits per heavy atom. The number of ether oxygens (including phenoxy) is 1. The number of nitrogens with zero attached hydrogens (tertiary/aromatic N) is 8. The third-order valence-corrected chi connectivity index (χ3v) is 6.04. The molecule has 4 heterocycles. The Hall–Kier alpha value is -3.54. The van der Waals surface area contributed by atoms with E-state index < -0.39 is 11.4 Å². The van der Waals surface area contributed by atoms with E-state index >= 15 is 0 Å². The zero-order valence-electron chi connectivity index (χ0n) is 19.7. The number of hydrogen-bond acceptors (Lipinski definition) is 9. The Labute approximate surface area is 195 Å². The van der Waals surface area contributed by atoms with Gasteiger partial charge in [0.05, 0.1) is 24.8 Å². The monoisotopic (exact) mass is 469 g/mol. The number of rotatable bonds is 5. The summed E-state index contributed by atoms with van der Waals surface area (Å²) < 4.78 is 22.7. The highest BCUT2D eigenvalue weighted by atomic mass is 19.1. The maximum Gasteiger partial charge on any atom is 0.244 e. The van der Waals surface area contributed by atoms with Crippen LogP contribution in [0.5, 0.6) is 5.75 Å². The lowest BCUT2D eigenvalue weighted by Crippen LogP contribution is -2.35. The molecule has 1 aromatic carbocycles. The SMILES string of the molecule is COc1cc2nc(N)n3nc(C4CCCN(c5nc(C)n(CC(C)(C)O)n5)C4)nc3c2cc1F. The van der Waals surface area contributed by atoms with E-state index in [2.05, 4.69) is 25.1 Å². The number of benzene rings is 1. The topological polar surface area (TPSA) is 133 Å². The molecule has 0 bridgehead atoms. The van der Waals surface area contributed by atoms with Crippen LogP contribution in [0.4, 0.5) is 16.3 Å². The van der Waals surface area contributed by atoms with Crippen LogP contribution in [-0.4, -0.2) is 65.3 Å². The van der Waals surface area contributed by atoms with E-state index in [9.17, 15) is 9.50 Å². The molecule has 180 valence electrons. The Kier molecular flexibility index (Phi) is 5.27. The third kappa shape index (κ3) is 3.98. The number of hydrogen-bond donors (Lipinski definition) is 2. The van der Waals surface area contributed by atoms with E-state index in [0.29, 0.717) is 41.4 Å². The predicted molar refractivity (Wildman–Crippen MR) is 124 cm³/mol. The Morgan fingerprint density at radius 3 is 2.76 bits per heavy atom. The number of halogens is 1. The summed E-state index contributed by atoms with van der Waals surface area (Å²) in [5, 5.41) is 19.9. The van der Waals surface area contributed by atoms with Gasteiger partial charge in [0, 0.05) is 30.5 Å². The van der Waals surface area contributed by atoms with Crippen LogP contribution in [0.3, 0.4) is 0 Å². The average Bonchev–Trinajstić information content (AvgIpc) is 3.38. The zero-order valence-corrected chi connectivity index (χ0v) is 19.7. The molecule has 3 aromatic heterocycles. The first-order valence-corrected chi connectivity index (χ1v) is 11.2. The minimum atomic E-state index is -0.888. The molecular weight excluding hydrogens is 441 g/mol. The van der Waals surface area contributed by atoms with Gasteiger partial charge in [0.15, 0.2) is 23.0 Å². The molecule has 0 aliphatic carbocycles. The minimum Gasteiger partial charge on any atom is -0.494 e. The first-order chi connectivity index (χ1) is 16.1. The van der Waals surface area contributed by atoms with Gasteiger partial charge in [0.25, 0.3) is 0 Å². The Balaban J connectivity index is 1.47. The number of aromatic nitrogens is 7. The van der Waals surface area contributed by atoms with Crippen molar-refractivity contribution in [2.24, 2.45) is 0 Å². The summed E-state index contributed by atoms with van der Waals surface area (Å²) in [5.41, 5.74) is 6.20. The molecule has 1 atom stereocenters. The number of nitrogen functional groups attached to an aromatic ring is 1. The van der Waals surface area contributed by atoms with Crippen LogP contribution in [0, 0.1) is 12.7 Å². The maximum absolute atomic E-state index is 14.4. The molecule has 1 aliphatic rings. The first kappa shape index (κ1) is 22.3. The molecule has 11 nitrogen and oxygen atoms in total. The fraction of sp³-hybridized carbons (Fsp3) is 0.500. The van der Waals surface area contributed by atoms with Crippen molar-refractivity contribution in [2.75, 3.05) is 30.8 Å². The molecule has 1 saturated heterocycles. The van der Waals surface area contributed by atoms with Gasteiger partial charge in [-0.05, 0) is 39.7 Å². The van der Waals surface area contributed by atoms with Gasteiger partial charge in [-0.15, -0.1) is 10.2 Å². The van der Waals surface area contributed by atoms with Gasteiger partial charge in [0.2, 0.25) is 11.9 Å². The zero-order chi connectivity index (χ0) is 24.2. The van der Waals surface area contributed by atoms with Crippen molar-refractivity contribution in [3.05, 3.63) is 29.6 Å². The molecule has 3 N–H and O–H groups in total. The lowest BCUT2D eigenvalue weighted by molar-refractivity contribution is 0.0569. The van der Waals surface area contributed by atoms with Gasteiger partial charge in [-0.3, -0.25) is 0 Å². The van der Waals surface area contributed by atoms with Crippen LogP contribution >= 0.6 is 0 Å². The number of methoxy groups -OCH3 is 1. The largest absolute Gasteiger partial charge is 0.494 e. The summed E-state index contributed by atoms with van der Waals surface area (Å²) in [6, 6.07) is 2.86. The number of fused-ring (bicyclic) bond motifs is 3. The van der Waals surface area contributed by atoms with Crippen LogP contribution in [0.2, 0.25) is 0 Å². The van der Waals surface area contributed by atoms with Crippen LogP contribution in [-0.2, 0) is 6.54 Å². The van der Waals surface area contributed by atoms with E-state index in [1.807, 2.05) is 6.92 Å². The Bertz CT molecular complexity index is 1370. The van der Waals surface area contributed by atoms with Crippen LogP contribution < -0.4 is 15.4 Å². The summed E-state index contributed by atoms with van der Waals surface area (Å²) in [5.74, 6) is 1.77. The lowest BCUT2D eigenvalue weighted by Gasteiger charge is -2.30. The molecule has 1 aliphatic heterocycles. The quantitative estimate of drug-likeness (QED) is 0.451. The van der Waals surface area contributed by atoms with Gasteiger partial charge in [0.1, 0.15) is 5.82 Å². The standard InChI is InChI=1S/C22H28FN9O2/c1-12-25-21(29-31(12)11-22(2,3)33)30-7-5-6-13(10-30)18-27-19-14-8-15(23)17(34-4)9-16(14)26-20(24)32(19)28-18/h8-9,13,33H,5-7,10-11H2,1-4H3,(H2,24,26). The van der Waals surface area contributed by atoms with Crippen molar-refractivity contribution in [2.45, 2.75) is 51.7 Å². The van der Waals surface area contributed by atoms with Crippen molar-refractivity contribution in [3.63, 3.8) is 0 Å². The number of piperidine rings is 1. The highest BCUT2D eigenvalue weighted by molar-refractivity contribution is 5.93. The number of aryl methyl sites for hydroxylation is 1. The number of aliphatic hydroxyl groups is 1. The third-order valence-electron chi connectivity index (χ3n) is 6.04. The minimum absolute atomic E-state index is 0.0211. The molecule has 1 fully saturated rings. The second-order valence-electron chi connectivity index (χ2n) is 9.39. The lowest BCUT2D eigenvalue weighted by atomic mass is 9.98. The van der Waals surface area contributed by atoms with Crippen molar-refractivity contribution in [1.82, 2.24) is 34.3 Å². The van der Waals surface area contributed by atoms with E-state index in [4.69, 9.17) is 15.5 Å². The van der Waals surface area contributed by atoms with Crippen LogP contribution in [0.15, 0.2) is 12.1 Å². The van der Waals surface area contributed by atoms with Crippen molar-refractivity contribution in [1.29, 1.82) is 0 Å². The smallest absolute Gasteiger partial charge is 0.244 e. The first-order valence-electron chi connectivity index (χ1n) is 11.2. The van der Waals surface area contributed by atoms with Crippen molar-refractivity contribution < 1.29 is 14.2 Å². The summed E-state index contributed by atoms with van der Waals surface area (Å²) >= 11 is 0. The highest BCUT2D eigenvalue weighted by Crippen LogP contribution is 2.31. The summed E-state index contributed by atoms with van der Waals surface area (Å²) in [4.78, 5) is 15.8. The molecular formula is C22H28FN9O2. The van der Waals surface area contributed by atoms with Gasteiger partial charge in [-0.1, -0.05) is 0 Å². The van der Waals surface area contributed by atoms with Crippen molar-refractivity contribution in [3.8, 4) is 5.75 Å². The highest BCUT2D eigenvalue weighted by Gasteiger charge is 2.28. The van der Waals surface area contributed by atoms with Gasteiger partial charge >= 0.3 is 0 Å². The van der Waals surface area contributed by atoms with E-state index in [1.54, 1.807) is 18.5 Å². The van der Waals surface area contributed by atoms with Crippen LogP contribution in [0.25, 0.3) is 16.6 Å². The second-order valence-corrected chi connectivity index (χ2v) is 9.39. The fourth-order valence-electron chi connectivity index (χ4n) is 4.40. The normalized spacial score (nSPS) is 17.1. The summed E-state index contributed by atoms with van der Waals surface area (Å²) in [7, 11) is 1.40. The number of anilines is 2. The second kappa shape index (κ2) is 8.05. The summed E-state index contributed by atoms with van der Waals surface area (Å²) in [6.45, 7) is 7.17. The van der Waals surface area contributed by atoms with Gasteiger partial charge in [-0.25, -0.2) is 19.0 Å². The Morgan fingerprint density at radius 2 is 2.03 bits per heavy atom. The fourth-order valence-corrected chi connectivity index (χ4v) is 4.40. The van der Waals surface area contributed by atoms with E-state index in [0.717, 1.165) is 25.2 Å². The molecule has 12 heteroatoms. The van der Waals surface area contributed by atoms with Gasteiger partial charge < -0.3 is 20.5 Å². The molecule has 0 amide bonds. The van der Waals surface area contributed by atoms with Crippen molar-refractivity contribution >= 4 is 28.4 Å². The molecule has 0 spiro atoms.